The van der Waals surface area contributed by atoms with E-state index in [2.05, 4.69) is 15.4 Å². The van der Waals surface area contributed by atoms with E-state index in [1.165, 1.54) is 19.2 Å². The number of carbonyl (C=O) groups is 1. The quantitative estimate of drug-likeness (QED) is 0.934. The van der Waals surface area contributed by atoms with Gasteiger partial charge in [-0.05, 0) is 31.0 Å². The zero-order valence-corrected chi connectivity index (χ0v) is 13.7. The van der Waals surface area contributed by atoms with E-state index in [1.807, 2.05) is 17.0 Å². The highest BCUT2D eigenvalue weighted by atomic mass is 35.5. The summed E-state index contributed by atoms with van der Waals surface area (Å²) in [7, 11) is 0. The molecule has 1 aliphatic heterocycles. The molecule has 23 heavy (non-hydrogen) atoms. The maximum absolute atomic E-state index is 12.3. The fraction of sp³-hybridized carbons (Fsp3) is 0.438. The molecule has 0 radical (unpaired) electrons. The van der Waals surface area contributed by atoms with Crippen molar-refractivity contribution in [2.45, 2.75) is 25.7 Å². The number of rotatable bonds is 4. The van der Waals surface area contributed by atoms with Crippen molar-refractivity contribution in [2.75, 3.05) is 25.0 Å². The minimum atomic E-state index is 0.142. The van der Waals surface area contributed by atoms with Gasteiger partial charge in [0, 0.05) is 18.8 Å². The molecule has 0 aliphatic carbocycles. The van der Waals surface area contributed by atoms with Crippen LogP contribution in [-0.4, -0.2) is 45.2 Å². The van der Waals surface area contributed by atoms with Gasteiger partial charge in [-0.15, -0.1) is 0 Å². The van der Waals surface area contributed by atoms with E-state index in [9.17, 15) is 4.79 Å². The van der Waals surface area contributed by atoms with Crippen LogP contribution >= 0.6 is 11.6 Å². The van der Waals surface area contributed by atoms with E-state index >= 15 is 0 Å². The number of aromatic nitrogens is 3. The molecule has 1 aromatic heterocycles. The maximum atomic E-state index is 12.3. The molecule has 2 aromatic rings. The molecule has 0 atom stereocenters. The fourth-order valence-corrected chi connectivity index (χ4v) is 3.01. The molecule has 1 N–H and O–H groups in total. The third kappa shape index (κ3) is 4.01. The van der Waals surface area contributed by atoms with Crippen LogP contribution in [0.1, 0.15) is 25.7 Å². The van der Waals surface area contributed by atoms with Crippen LogP contribution in [-0.2, 0) is 4.79 Å². The second-order valence-electron chi connectivity index (χ2n) is 5.65. The van der Waals surface area contributed by atoms with Crippen LogP contribution in [0.3, 0.4) is 0 Å². The molecule has 6 nitrogen and oxygen atoms in total. The molecule has 122 valence electrons. The lowest BCUT2D eigenvalue weighted by Crippen LogP contribution is -2.36. The molecule has 1 aromatic carbocycles. The van der Waals surface area contributed by atoms with Crippen LogP contribution < -0.4 is 5.32 Å². The normalized spacial score (nSPS) is 15.3. The molecule has 0 saturated carbocycles. The van der Waals surface area contributed by atoms with Crippen LogP contribution in [0.25, 0.3) is 5.69 Å². The number of carbonyl (C=O) groups excluding carboxylic acids is 1. The number of halogens is 1. The summed E-state index contributed by atoms with van der Waals surface area (Å²) in [6.07, 6.45) is 7.70. The SMILES string of the molecule is O=C(CNc1ccc(-n2cncn2)c(Cl)c1)N1CCCCCC1. The van der Waals surface area contributed by atoms with Crippen molar-refractivity contribution in [1.29, 1.82) is 0 Å². The first-order valence-electron chi connectivity index (χ1n) is 7.90. The number of amides is 1. The number of hydrogen-bond donors (Lipinski definition) is 1. The molecule has 0 unspecified atom stereocenters. The first-order chi connectivity index (χ1) is 11.2. The van der Waals surface area contributed by atoms with Crippen molar-refractivity contribution in [1.82, 2.24) is 19.7 Å². The number of anilines is 1. The standard InChI is InChI=1S/C16H20ClN5O/c17-14-9-13(5-6-15(14)22-12-18-11-20-22)19-10-16(23)21-7-3-1-2-4-8-21/h5-6,9,11-12,19H,1-4,7-8,10H2. The Labute approximate surface area is 140 Å². The number of hydrogen-bond acceptors (Lipinski definition) is 4. The van der Waals surface area contributed by atoms with Gasteiger partial charge in [0.25, 0.3) is 0 Å². The minimum absolute atomic E-state index is 0.142. The highest BCUT2D eigenvalue weighted by Crippen LogP contribution is 2.23. The van der Waals surface area contributed by atoms with Gasteiger partial charge in [-0.3, -0.25) is 4.79 Å². The fourth-order valence-electron chi connectivity index (χ4n) is 2.74. The Bertz CT molecular complexity index is 650. The smallest absolute Gasteiger partial charge is 0.241 e. The topological polar surface area (TPSA) is 63.1 Å². The van der Waals surface area contributed by atoms with Gasteiger partial charge in [0.05, 0.1) is 17.3 Å². The summed E-state index contributed by atoms with van der Waals surface area (Å²) in [5.41, 5.74) is 1.58. The van der Waals surface area contributed by atoms with E-state index in [-0.39, 0.29) is 5.91 Å². The van der Waals surface area contributed by atoms with Gasteiger partial charge in [0.2, 0.25) is 5.91 Å². The Hall–Kier alpha value is -2.08. The van der Waals surface area contributed by atoms with Crippen molar-refractivity contribution in [3.05, 3.63) is 35.9 Å². The lowest BCUT2D eigenvalue weighted by molar-refractivity contribution is -0.129. The van der Waals surface area contributed by atoms with Crippen LogP contribution in [0.4, 0.5) is 5.69 Å². The van der Waals surface area contributed by atoms with Crippen LogP contribution in [0.5, 0.6) is 0 Å². The van der Waals surface area contributed by atoms with Gasteiger partial charge in [-0.1, -0.05) is 24.4 Å². The third-order valence-corrected chi connectivity index (χ3v) is 4.32. The Morgan fingerprint density at radius 1 is 1.22 bits per heavy atom. The predicted octanol–water partition coefficient (Wildman–Crippen LogP) is 2.74. The first kappa shape index (κ1) is 15.8. The van der Waals surface area contributed by atoms with Crippen molar-refractivity contribution >= 4 is 23.2 Å². The number of nitrogens with zero attached hydrogens (tertiary/aromatic N) is 4. The Morgan fingerprint density at radius 3 is 2.65 bits per heavy atom. The van der Waals surface area contributed by atoms with E-state index < -0.39 is 0 Å². The predicted molar refractivity (Wildman–Crippen MR) is 89.9 cm³/mol. The van der Waals surface area contributed by atoms with Crippen molar-refractivity contribution in [2.24, 2.45) is 0 Å². The molecule has 2 heterocycles. The average molecular weight is 334 g/mol. The largest absolute Gasteiger partial charge is 0.376 e. The molecule has 1 aliphatic rings. The molecular formula is C16H20ClN5O. The van der Waals surface area contributed by atoms with Gasteiger partial charge < -0.3 is 10.2 Å². The summed E-state index contributed by atoms with van der Waals surface area (Å²) in [6, 6.07) is 5.54. The molecule has 3 rings (SSSR count). The summed E-state index contributed by atoms with van der Waals surface area (Å²) >= 11 is 6.28. The van der Waals surface area contributed by atoms with E-state index in [4.69, 9.17) is 11.6 Å². The molecule has 0 bridgehead atoms. The van der Waals surface area contributed by atoms with Crippen molar-refractivity contribution in [3.63, 3.8) is 0 Å². The number of benzene rings is 1. The van der Waals surface area contributed by atoms with Gasteiger partial charge in [0.15, 0.2) is 0 Å². The molecular weight excluding hydrogens is 314 g/mol. The van der Waals surface area contributed by atoms with E-state index in [0.29, 0.717) is 11.6 Å². The average Bonchev–Trinajstić information content (AvgIpc) is 2.94. The Morgan fingerprint density at radius 2 is 2.00 bits per heavy atom. The van der Waals surface area contributed by atoms with Crippen LogP contribution in [0, 0.1) is 0 Å². The number of likely N-dealkylation sites (tertiary alicyclic amines) is 1. The Kier molecular flexibility index (Phi) is 5.12. The van der Waals surface area contributed by atoms with Crippen molar-refractivity contribution < 1.29 is 4.79 Å². The van der Waals surface area contributed by atoms with E-state index in [1.54, 1.807) is 17.1 Å². The maximum Gasteiger partial charge on any atom is 0.241 e. The second kappa shape index (κ2) is 7.46. The summed E-state index contributed by atoms with van der Waals surface area (Å²) < 4.78 is 1.61. The summed E-state index contributed by atoms with van der Waals surface area (Å²) in [5.74, 6) is 0.142. The highest BCUT2D eigenvalue weighted by molar-refractivity contribution is 6.32. The third-order valence-electron chi connectivity index (χ3n) is 4.02. The van der Waals surface area contributed by atoms with Gasteiger partial charge in [-0.25, -0.2) is 9.67 Å². The molecule has 0 spiro atoms. The zero-order valence-electron chi connectivity index (χ0n) is 12.9. The second-order valence-corrected chi connectivity index (χ2v) is 6.06. The summed E-state index contributed by atoms with van der Waals surface area (Å²) in [4.78, 5) is 18.1. The monoisotopic (exact) mass is 333 g/mol. The zero-order chi connectivity index (χ0) is 16.1. The molecule has 1 amide bonds. The van der Waals surface area contributed by atoms with Gasteiger partial charge >= 0.3 is 0 Å². The summed E-state index contributed by atoms with van der Waals surface area (Å²) in [6.45, 7) is 2.03. The minimum Gasteiger partial charge on any atom is -0.376 e. The van der Waals surface area contributed by atoms with Crippen LogP contribution in [0.2, 0.25) is 5.02 Å². The van der Waals surface area contributed by atoms with Gasteiger partial charge in [-0.2, -0.15) is 5.10 Å². The summed E-state index contributed by atoms with van der Waals surface area (Å²) in [5, 5.41) is 7.77. The molecule has 7 heteroatoms. The Balaban J connectivity index is 1.60. The lowest BCUT2D eigenvalue weighted by atomic mass is 10.2. The molecule has 1 saturated heterocycles. The van der Waals surface area contributed by atoms with E-state index in [0.717, 1.165) is 37.3 Å². The van der Waals surface area contributed by atoms with Gasteiger partial charge in [0.1, 0.15) is 12.7 Å². The highest BCUT2D eigenvalue weighted by Gasteiger charge is 2.15. The lowest BCUT2D eigenvalue weighted by Gasteiger charge is -2.20. The van der Waals surface area contributed by atoms with Crippen molar-refractivity contribution in [3.8, 4) is 5.69 Å². The van der Waals surface area contributed by atoms with Crippen LogP contribution in [0.15, 0.2) is 30.9 Å². The first-order valence-corrected chi connectivity index (χ1v) is 8.28. The number of nitrogens with one attached hydrogen (secondary N) is 1. The molecule has 1 fully saturated rings.